The van der Waals surface area contributed by atoms with Gasteiger partial charge in [-0.05, 0) is 36.8 Å². The Balaban J connectivity index is 2.32. The lowest BCUT2D eigenvalue weighted by atomic mass is 10.2. The van der Waals surface area contributed by atoms with E-state index in [1.54, 1.807) is 42.5 Å². The van der Waals surface area contributed by atoms with Gasteiger partial charge in [-0.1, -0.05) is 18.2 Å². The van der Waals surface area contributed by atoms with Crippen molar-refractivity contribution in [1.82, 2.24) is 0 Å². The van der Waals surface area contributed by atoms with Crippen LogP contribution in [-0.2, 0) is 14.8 Å². The van der Waals surface area contributed by atoms with Crippen LogP contribution >= 0.6 is 0 Å². The zero-order valence-corrected chi connectivity index (χ0v) is 16.0. The van der Waals surface area contributed by atoms with E-state index in [0.29, 0.717) is 22.9 Å². The zero-order chi connectivity index (χ0) is 19.3. The van der Waals surface area contributed by atoms with Crippen molar-refractivity contribution in [2.24, 2.45) is 0 Å². The minimum Gasteiger partial charge on any atom is -0.495 e. The maximum Gasteiger partial charge on any atom is 0.245 e. The van der Waals surface area contributed by atoms with Crippen molar-refractivity contribution < 1.29 is 22.7 Å². The molecular weight excluding hydrogens is 356 g/mol. The summed E-state index contributed by atoms with van der Waals surface area (Å²) in [6, 6.07) is 12.0. The van der Waals surface area contributed by atoms with Crippen LogP contribution in [0.2, 0.25) is 0 Å². The number of aryl methyl sites for hydroxylation is 1. The molecule has 0 saturated heterocycles. The molecule has 1 amide bonds. The normalized spacial score (nSPS) is 10.9. The lowest BCUT2D eigenvalue weighted by Gasteiger charge is -2.24. The Labute approximate surface area is 153 Å². The van der Waals surface area contributed by atoms with Crippen LogP contribution < -0.4 is 19.1 Å². The molecule has 0 aromatic heterocycles. The summed E-state index contributed by atoms with van der Waals surface area (Å²) >= 11 is 0. The van der Waals surface area contributed by atoms with E-state index in [2.05, 4.69) is 5.32 Å². The first-order valence-corrected chi connectivity index (χ1v) is 9.66. The maximum atomic E-state index is 12.5. The van der Waals surface area contributed by atoms with Crippen molar-refractivity contribution in [2.45, 2.75) is 6.92 Å². The molecule has 0 bridgehead atoms. The highest BCUT2D eigenvalue weighted by atomic mass is 32.2. The molecule has 2 aromatic rings. The van der Waals surface area contributed by atoms with Gasteiger partial charge in [0, 0.05) is 0 Å². The molecule has 140 valence electrons. The molecule has 2 aromatic carbocycles. The van der Waals surface area contributed by atoms with E-state index in [1.165, 1.54) is 14.2 Å². The van der Waals surface area contributed by atoms with Gasteiger partial charge in [-0.25, -0.2) is 8.42 Å². The predicted octanol–water partition coefficient (Wildman–Crippen LogP) is 2.42. The SMILES string of the molecule is COc1ccccc1NC(=O)CN(c1cc(C)ccc1OC)S(C)(=O)=O. The number of carbonyl (C=O) groups excluding carboxylic acids is 1. The standard InChI is InChI=1S/C18H22N2O5S/c1-13-9-10-17(25-3)15(11-13)20(26(4,22)23)12-18(21)19-14-7-5-6-8-16(14)24-2/h5-11H,12H2,1-4H3,(H,19,21). The van der Waals surface area contributed by atoms with Crippen LogP contribution in [0.15, 0.2) is 42.5 Å². The van der Waals surface area contributed by atoms with Crippen LogP contribution in [0.3, 0.4) is 0 Å². The van der Waals surface area contributed by atoms with E-state index in [1.807, 2.05) is 6.92 Å². The molecule has 0 aliphatic heterocycles. The minimum atomic E-state index is -3.71. The van der Waals surface area contributed by atoms with Gasteiger partial charge in [0.2, 0.25) is 15.9 Å². The fourth-order valence-corrected chi connectivity index (χ4v) is 3.30. The van der Waals surface area contributed by atoms with E-state index in [9.17, 15) is 13.2 Å². The third-order valence-corrected chi connectivity index (χ3v) is 4.80. The molecule has 0 spiro atoms. The minimum absolute atomic E-state index is 0.310. The van der Waals surface area contributed by atoms with Crippen LogP contribution in [0.4, 0.5) is 11.4 Å². The molecule has 1 N–H and O–H groups in total. The summed E-state index contributed by atoms with van der Waals surface area (Å²) in [6.07, 6.45) is 1.05. The highest BCUT2D eigenvalue weighted by Crippen LogP contribution is 2.31. The van der Waals surface area contributed by atoms with Crippen LogP contribution in [-0.4, -0.2) is 41.3 Å². The van der Waals surface area contributed by atoms with Crippen molar-refractivity contribution in [3.63, 3.8) is 0 Å². The van der Waals surface area contributed by atoms with E-state index in [-0.39, 0.29) is 0 Å². The van der Waals surface area contributed by atoms with Crippen LogP contribution in [0.25, 0.3) is 0 Å². The largest absolute Gasteiger partial charge is 0.495 e. The Bertz CT molecular complexity index is 896. The highest BCUT2D eigenvalue weighted by Gasteiger charge is 2.24. The third-order valence-electron chi connectivity index (χ3n) is 3.67. The maximum absolute atomic E-state index is 12.5. The summed E-state index contributed by atoms with van der Waals surface area (Å²) in [6.45, 7) is 1.44. The van der Waals surface area contributed by atoms with Gasteiger partial charge < -0.3 is 14.8 Å². The Kier molecular flexibility index (Phi) is 6.10. The number of sulfonamides is 1. The third kappa shape index (κ3) is 4.66. The average Bonchev–Trinajstić information content (AvgIpc) is 2.59. The fourth-order valence-electron chi connectivity index (χ4n) is 2.44. The second kappa shape index (κ2) is 8.09. The molecule has 8 heteroatoms. The number of benzene rings is 2. The van der Waals surface area contributed by atoms with E-state index >= 15 is 0 Å². The van der Waals surface area contributed by atoms with Gasteiger partial charge >= 0.3 is 0 Å². The first kappa shape index (κ1) is 19.6. The molecule has 0 aliphatic rings. The number of amides is 1. The number of hydrogen-bond acceptors (Lipinski definition) is 5. The molecule has 0 fully saturated rings. The average molecular weight is 378 g/mol. The van der Waals surface area contributed by atoms with Gasteiger partial charge in [0.15, 0.2) is 0 Å². The Hall–Kier alpha value is -2.74. The molecule has 26 heavy (non-hydrogen) atoms. The van der Waals surface area contributed by atoms with Crippen molar-refractivity contribution in [2.75, 3.05) is 36.6 Å². The quantitative estimate of drug-likeness (QED) is 0.800. The van der Waals surface area contributed by atoms with Crippen LogP contribution in [0.1, 0.15) is 5.56 Å². The lowest BCUT2D eigenvalue weighted by Crippen LogP contribution is -2.37. The van der Waals surface area contributed by atoms with Gasteiger partial charge in [0.25, 0.3) is 0 Å². The lowest BCUT2D eigenvalue weighted by molar-refractivity contribution is -0.114. The summed E-state index contributed by atoms with van der Waals surface area (Å²) in [4.78, 5) is 12.5. The van der Waals surface area contributed by atoms with Gasteiger partial charge in [-0.3, -0.25) is 9.10 Å². The van der Waals surface area contributed by atoms with E-state index in [4.69, 9.17) is 9.47 Å². The molecule has 0 atom stereocenters. The summed E-state index contributed by atoms with van der Waals surface area (Å²) in [7, 11) is -0.770. The predicted molar refractivity (Wildman–Crippen MR) is 102 cm³/mol. The fraction of sp³-hybridized carbons (Fsp3) is 0.278. The molecule has 2 rings (SSSR count). The number of rotatable bonds is 7. The number of nitrogens with one attached hydrogen (secondary N) is 1. The monoisotopic (exact) mass is 378 g/mol. The topological polar surface area (TPSA) is 84.9 Å². The molecular formula is C18H22N2O5S. The number of carbonyl (C=O) groups is 1. The summed E-state index contributed by atoms with van der Waals surface area (Å²) in [5.74, 6) is 0.356. The molecule has 0 heterocycles. The number of methoxy groups -OCH3 is 2. The molecule has 7 nitrogen and oxygen atoms in total. The van der Waals surface area contributed by atoms with Gasteiger partial charge in [-0.2, -0.15) is 0 Å². The summed E-state index contributed by atoms with van der Waals surface area (Å²) in [5.41, 5.74) is 1.62. The molecule has 0 radical (unpaired) electrons. The second-order valence-electron chi connectivity index (χ2n) is 5.69. The number of anilines is 2. The van der Waals surface area contributed by atoms with Crippen molar-refractivity contribution in [1.29, 1.82) is 0 Å². The second-order valence-corrected chi connectivity index (χ2v) is 7.60. The molecule has 0 aliphatic carbocycles. The van der Waals surface area contributed by atoms with E-state index in [0.717, 1.165) is 16.1 Å². The first-order chi connectivity index (χ1) is 12.3. The van der Waals surface area contributed by atoms with Gasteiger partial charge in [0.1, 0.15) is 18.0 Å². The van der Waals surface area contributed by atoms with Crippen molar-refractivity contribution >= 4 is 27.3 Å². The zero-order valence-electron chi connectivity index (χ0n) is 15.1. The molecule has 0 unspecified atom stereocenters. The Morgan fingerprint density at radius 1 is 1.08 bits per heavy atom. The van der Waals surface area contributed by atoms with Gasteiger partial charge in [0.05, 0.1) is 31.9 Å². The summed E-state index contributed by atoms with van der Waals surface area (Å²) < 4.78 is 36.0. The van der Waals surface area contributed by atoms with Crippen LogP contribution in [0.5, 0.6) is 11.5 Å². The number of ether oxygens (including phenoxy) is 2. The Morgan fingerprint density at radius 3 is 2.35 bits per heavy atom. The van der Waals surface area contributed by atoms with E-state index < -0.39 is 22.5 Å². The Morgan fingerprint density at radius 2 is 1.73 bits per heavy atom. The smallest absolute Gasteiger partial charge is 0.245 e. The number of hydrogen-bond donors (Lipinski definition) is 1. The van der Waals surface area contributed by atoms with Gasteiger partial charge in [-0.15, -0.1) is 0 Å². The number of para-hydroxylation sites is 2. The first-order valence-electron chi connectivity index (χ1n) is 7.81. The molecule has 0 saturated carbocycles. The van der Waals surface area contributed by atoms with Crippen LogP contribution in [0, 0.1) is 6.92 Å². The highest BCUT2D eigenvalue weighted by molar-refractivity contribution is 7.92. The van der Waals surface area contributed by atoms with Crippen molar-refractivity contribution in [3.8, 4) is 11.5 Å². The van der Waals surface area contributed by atoms with Crippen molar-refractivity contribution in [3.05, 3.63) is 48.0 Å². The number of nitrogens with zero attached hydrogens (tertiary/aromatic N) is 1. The summed E-state index contributed by atoms with van der Waals surface area (Å²) in [5, 5.41) is 2.68.